The second-order valence-corrected chi connectivity index (χ2v) is 9.60. The fourth-order valence-corrected chi connectivity index (χ4v) is 4.14. The number of amides is 4. The maximum absolute atomic E-state index is 13.3. The maximum Gasteiger partial charge on any atom is 0.409 e. The number of carboxylic acids is 1. The summed E-state index contributed by atoms with van der Waals surface area (Å²) >= 11 is 0. The molecule has 14 heteroatoms. The lowest BCUT2D eigenvalue weighted by molar-refractivity contribution is -0.138. The molecular weight excluding hydrogens is 536 g/mol. The summed E-state index contributed by atoms with van der Waals surface area (Å²) in [5.41, 5.74) is 0.483. The first-order chi connectivity index (χ1) is 19.6. The highest BCUT2D eigenvalue weighted by Crippen LogP contribution is 2.20. The number of hydrogen-bond acceptors (Lipinski definition) is 8. The number of aliphatic carboxylic acids is 1. The normalized spacial score (nSPS) is 13.9. The quantitative estimate of drug-likeness (QED) is 0.336. The lowest BCUT2D eigenvalue weighted by Gasteiger charge is -2.35. The highest BCUT2D eigenvalue weighted by molar-refractivity contribution is 5.96. The van der Waals surface area contributed by atoms with Crippen molar-refractivity contribution in [2.45, 2.75) is 45.7 Å². The predicted octanol–water partition coefficient (Wildman–Crippen LogP) is 1.04. The molecule has 3 rings (SSSR count). The first-order valence-electron chi connectivity index (χ1n) is 13.4. The van der Waals surface area contributed by atoms with Crippen molar-refractivity contribution in [2.75, 3.05) is 39.4 Å². The summed E-state index contributed by atoms with van der Waals surface area (Å²) < 4.78 is 12.0. The monoisotopic (exact) mass is 572 g/mol. The standard InChI is InChI=1S/C27H36N6O8/c1-4-40-27(39)32-14-12-31(13-15-32)26(38)20(10-11-24(35)36)29-25(37)21-16-23(41-17-22(34)28-18(2)3)33(30-21)19-8-6-5-7-9-19/h5-9,16,18,20H,4,10-15,17H2,1-3H3,(H,28,34)(H,29,37)(H,35,36). The molecule has 1 aliphatic rings. The Morgan fingerprint density at radius 3 is 2.27 bits per heavy atom. The van der Waals surface area contributed by atoms with E-state index in [9.17, 15) is 29.1 Å². The van der Waals surface area contributed by atoms with Gasteiger partial charge in [-0.15, -0.1) is 0 Å². The van der Waals surface area contributed by atoms with Crippen molar-refractivity contribution in [2.24, 2.45) is 0 Å². The van der Waals surface area contributed by atoms with E-state index in [1.807, 2.05) is 19.9 Å². The fourth-order valence-electron chi connectivity index (χ4n) is 4.14. The van der Waals surface area contributed by atoms with Crippen LogP contribution in [0.3, 0.4) is 0 Å². The minimum atomic E-state index is -1.14. The van der Waals surface area contributed by atoms with Crippen molar-refractivity contribution in [3.63, 3.8) is 0 Å². The van der Waals surface area contributed by atoms with Crippen LogP contribution < -0.4 is 15.4 Å². The number of nitrogens with one attached hydrogen (secondary N) is 2. The van der Waals surface area contributed by atoms with E-state index in [4.69, 9.17) is 9.47 Å². The summed E-state index contributed by atoms with van der Waals surface area (Å²) in [4.78, 5) is 65.0. The molecule has 2 aromatic rings. The molecule has 41 heavy (non-hydrogen) atoms. The van der Waals surface area contributed by atoms with Crippen LogP contribution in [0.25, 0.3) is 5.69 Å². The van der Waals surface area contributed by atoms with Crippen molar-refractivity contribution in [3.8, 4) is 11.6 Å². The third-order valence-corrected chi connectivity index (χ3v) is 6.08. The van der Waals surface area contributed by atoms with Gasteiger partial charge in [-0.05, 0) is 39.3 Å². The molecule has 222 valence electrons. The number of nitrogens with zero attached hydrogens (tertiary/aromatic N) is 4. The average Bonchev–Trinajstić information content (AvgIpc) is 3.38. The first-order valence-corrected chi connectivity index (χ1v) is 13.4. The van der Waals surface area contributed by atoms with Crippen LogP contribution in [0.1, 0.15) is 44.1 Å². The van der Waals surface area contributed by atoms with E-state index in [0.717, 1.165) is 0 Å². The number of aromatic nitrogens is 2. The summed E-state index contributed by atoms with van der Waals surface area (Å²) in [6.45, 7) is 6.16. The molecule has 1 saturated heterocycles. The van der Waals surface area contributed by atoms with Crippen LogP contribution in [0.4, 0.5) is 4.79 Å². The number of carbonyl (C=O) groups is 5. The van der Waals surface area contributed by atoms with E-state index in [0.29, 0.717) is 5.69 Å². The van der Waals surface area contributed by atoms with Gasteiger partial charge in [-0.3, -0.25) is 19.2 Å². The molecular formula is C27H36N6O8. The van der Waals surface area contributed by atoms with Gasteiger partial charge in [-0.1, -0.05) is 18.2 Å². The zero-order chi connectivity index (χ0) is 29.9. The van der Waals surface area contributed by atoms with Crippen LogP contribution in [0.2, 0.25) is 0 Å². The molecule has 1 atom stereocenters. The number of carbonyl (C=O) groups excluding carboxylic acids is 4. The number of carboxylic acid groups (broad SMARTS) is 1. The van der Waals surface area contributed by atoms with Crippen LogP contribution in [0.5, 0.6) is 5.88 Å². The molecule has 0 aliphatic carbocycles. The number of para-hydroxylation sites is 1. The van der Waals surface area contributed by atoms with Gasteiger partial charge >= 0.3 is 12.1 Å². The molecule has 1 aromatic carbocycles. The van der Waals surface area contributed by atoms with E-state index in [2.05, 4.69) is 15.7 Å². The van der Waals surface area contributed by atoms with Gasteiger partial charge in [0.2, 0.25) is 11.8 Å². The van der Waals surface area contributed by atoms with Gasteiger partial charge in [0.05, 0.1) is 12.3 Å². The van der Waals surface area contributed by atoms with Crippen molar-refractivity contribution in [3.05, 3.63) is 42.1 Å². The topological polar surface area (TPSA) is 172 Å². The Labute approximate surface area is 237 Å². The van der Waals surface area contributed by atoms with Crippen LogP contribution in [0, 0.1) is 0 Å². The minimum Gasteiger partial charge on any atom is -0.481 e. The van der Waals surface area contributed by atoms with E-state index in [-0.39, 0.29) is 75.8 Å². The van der Waals surface area contributed by atoms with E-state index >= 15 is 0 Å². The molecule has 1 aliphatic heterocycles. The van der Waals surface area contributed by atoms with Crippen LogP contribution in [-0.4, -0.2) is 106 Å². The molecule has 0 radical (unpaired) electrons. The van der Waals surface area contributed by atoms with Crippen LogP contribution >= 0.6 is 0 Å². The van der Waals surface area contributed by atoms with Crippen molar-refractivity contribution >= 4 is 29.8 Å². The predicted molar refractivity (Wildman–Crippen MR) is 146 cm³/mol. The Morgan fingerprint density at radius 1 is 1.00 bits per heavy atom. The summed E-state index contributed by atoms with van der Waals surface area (Å²) in [6.07, 6.45) is -0.961. The lowest BCUT2D eigenvalue weighted by Crippen LogP contribution is -2.56. The average molecular weight is 573 g/mol. The largest absolute Gasteiger partial charge is 0.481 e. The Hall–Kier alpha value is -4.62. The Balaban J connectivity index is 1.76. The van der Waals surface area contributed by atoms with Gasteiger partial charge in [-0.25, -0.2) is 9.48 Å². The van der Waals surface area contributed by atoms with Gasteiger partial charge in [0, 0.05) is 44.7 Å². The van der Waals surface area contributed by atoms with E-state index in [1.165, 1.54) is 20.5 Å². The zero-order valence-corrected chi connectivity index (χ0v) is 23.4. The van der Waals surface area contributed by atoms with Crippen LogP contribution in [-0.2, 0) is 19.1 Å². The molecule has 1 fully saturated rings. The second-order valence-electron chi connectivity index (χ2n) is 9.60. The Bertz CT molecular complexity index is 1220. The lowest BCUT2D eigenvalue weighted by atomic mass is 10.1. The van der Waals surface area contributed by atoms with Gasteiger partial charge in [-0.2, -0.15) is 5.10 Å². The molecule has 14 nitrogen and oxygen atoms in total. The van der Waals surface area contributed by atoms with Crippen molar-refractivity contribution in [1.29, 1.82) is 0 Å². The van der Waals surface area contributed by atoms with E-state index < -0.39 is 29.9 Å². The molecule has 1 aromatic heterocycles. The molecule has 0 bridgehead atoms. The highest BCUT2D eigenvalue weighted by Gasteiger charge is 2.31. The number of ether oxygens (including phenoxy) is 2. The molecule has 0 spiro atoms. The fraction of sp³-hybridized carbons (Fsp3) is 0.481. The smallest absolute Gasteiger partial charge is 0.409 e. The highest BCUT2D eigenvalue weighted by atomic mass is 16.6. The summed E-state index contributed by atoms with van der Waals surface area (Å²) in [5.74, 6) is -2.52. The molecule has 3 N–H and O–H groups in total. The molecule has 1 unspecified atom stereocenters. The van der Waals surface area contributed by atoms with Gasteiger partial charge in [0.15, 0.2) is 12.3 Å². The number of piperazine rings is 1. The number of rotatable bonds is 12. The zero-order valence-electron chi connectivity index (χ0n) is 23.4. The summed E-state index contributed by atoms with van der Waals surface area (Å²) in [7, 11) is 0. The van der Waals surface area contributed by atoms with Crippen molar-refractivity contribution < 1.29 is 38.6 Å². The SMILES string of the molecule is CCOC(=O)N1CCN(C(=O)C(CCC(=O)O)NC(=O)c2cc(OCC(=O)NC(C)C)n(-c3ccccc3)n2)CC1. The van der Waals surface area contributed by atoms with E-state index in [1.54, 1.807) is 31.2 Å². The maximum atomic E-state index is 13.3. The summed E-state index contributed by atoms with van der Waals surface area (Å²) in [6, 6.07) is 8.96. The number of benzene rings is 1. The number of hydrogen-bond donors (Lipinski definition) is 3. The molecule has 2 heterocycles. The van der Waals surface area contributed by atoms with Gasteiger partial charge < -0.3 is 35.0 Å². The van der Waals surface area contributed by atoms with Gasteiger partial charge in [0.25, 0.3) is 11.8 Å². The van der Waals surface area contributed by atoms with Gasteiger partial charge in [0.1, 0.15) is 6.04 Å². The minimum absolute atomic E-state index is 0.0834. The third-order valence-electron chi connectivity index (χ3n) is 6.08. The molecule has 0 saturated carbocycles. The third kappa shape index (κ3) is 8.95. The second kappa shape index (κ2) is 14.7. The molecule has 4 amide bonds. The Kier molecular flexibility index (Phi) is 11.1. The van der Waals surface area contributed by atoms with Crippen LogP contribution in [0.15, 0.2) is 36.4 Å². The Morgan fingerprint density at radius 2 is 1.66 bits per heavy atom. The van der Waals surface area contributed by atoms with Crippen molar-refractivity contribution in [1.82, 2.24) is 30.2 Å². The first kappa shape index (κ1) is 30.9. The summed E-state index contributed by atoms with van der Waals surface area (Å²) in [5, 5.41) is 18.9.